The minimum atomic E-state index is -3.01. The van der Waals surface area contributed by atoms with Gasteiger partial charge in [0.2, 0.25) is 5.91 Å². The van der Waals surface area contributed by atoms with Crippen LogP contribution in [0.5, 0.6) is 0 Å². The second kappa shape index (κ2) is 6.40. The van der Waals surface area contributed by atoms with Crippen molar-refractivity contribution in [3.8, 4) is 0 Å². The van der Waals surface area contributed by atoms with Crippen molar-refractivity contribution in [2.75, 3.05) is 11.5 Å². The molecule has 1 aromatic heterocycles. The first kappa shape index (κ1) is 15.7. The summed E-state index contributed by atoms with van der Waals surface area (Å²) in [5.74, 6) is -0.994. The maximum atomic E-state index is 11.7. The molecule has 21 heavy (non-hydrogen) atoms. The third kappa shape index (κ3) is 4.68. The van der Waals surface area contributed by atoms with Crippen LogP contribution >= 0.6 is 11.6 Å². The molecule has 2 rings (SSSR count). The third-order valence-corrected chi connectivity index (χ3v) is 5.17. The Morgan fingerprint density at radius 1 is 1.33 bits per heavy atom. The lowest BCUT2D eigenvalue weighted by Gasteiger charge is -2.09. The van der Waals surface area contributed by atoms with Gasteiger partial charge in [-0.2, -0.15) is 0 Å². The summed E-state index contributed by atoms with van der Waals surface area (Å²) in [6, 6.07) is 2.93. The summed E-state index contributed by atoms with van der Waals surface area (Å²) >= 11 is 5.60. The molecule has 7 nitrogen and oxygen atoms in total. The van der Waals surface area contributed by atoms with Gasteiger partial charge in [-0.05, 0) is 24.5 Å². The molecule has 2 heterocycles. The van der Waals surface area contributed by atoms with E-state index < -0.39 is 21.7 Å². The van der Waals surface area contributed by atoms with Crippen LogP contribution in [0.1, 0.15) is 23.2 Å². The Hall–Kier alpha value is -1.67. The van der Waals surface area contributed by atoms with Crippen LogP contribution in [0.3, 0.4) is 0 Å². The van der Waals surface area contributed by atoms with Crippen LogP contribution in [0.4, 0.5) is 0 Å². The Morgan fingerprint density at radius 2 is 2.10 bits per heavy atom. The second-order valence-corrected chi connectivity index (χ2v) is 7.46. The van der Waals surface area contributed by atoms with E-state index in [-0.39, 0.29) is 34.6 Å². The maximum Gasteiger partial charge on any atom is 0.271 e. The minimum absolute atomic E-state index is 0.0233. The fourth-order valence-corrected chi connectivity index (χ4v) is 4.03. The number of hydrogen-bond acceptors (Lipinski definition) is 5. The quantitative estimate of drug-likeness (QED) is 0.613. The molecule has 0 saturated carbocycles. The molecule has 9 heteroatoms. The first-order valence-corrected chi connectivity index (χ1v) is 8.47. The third-order valence-electron chi connectivity index (χ3n) is 3.11. The topological polar surface area (TPSA) is 105 Å². The van der Waals surface area contributed by atoms with Crippen molar-refractivity contribution < 1.29 is 18.0 Å². The predicted molar refractivity (Wildman–Crippen MR) is 76.2 cm³/mol. The second-order valence-electron chi connectivity index (χ2n) is 4.85. The molecule has 1 fully saturated rings. The molecule has 0 unspecified atom stereocenters. The van der Waals surface area contributed by atoms with E-state index in [1.54, 1.807) is 0 Å². The van der Waals surface area contributed by atoms with Crippen LogP contribution in [0.2, 0.25) is 5.15 Å². The number of nitrogens with one attached hydrogen (secondary N) is 2. The lowest BCUT2D eigenvalue weighted by molar-refractivity contribution is -0.122. The first-order valence-electron chi connectivity index (χ1n) is 6.27. The van der Waals surface area contributed by atoms with E-state index in [2.05, 4.69) is 15.8 Å². The Balaban J connectivity index is 1.79. The van der Waals surface area contributed by atoms with Crippen LogP contribution in [0.25, 0.3) is 0 Å². The fourth-order valence-electron chi connectivity index (χ4n) is 2.05. The Labute approximate surface area is 127 Å². The zero-order valence-electron chi connectivity index (χ0n) is 11.0. The number of carbonyl (C=O) groups excluding carboxylic acids is 2. The van der Waals surface area contributed by atoms with Crippen molar-refractivity contribution in [1.82, 2.24) is 15.8 Å². The molecule has 1 aliphatic heterocycles. The highest BCUT2D eigenvalue weighted by atomic mass is 35.5. The van der Waals surface area contributed by atoms with Crippen molar-refractivity contribution in [1.29, 1.82) is 0 Å². The lowest BCUT2D eigenvalue weighted by atomic mass is 10.1. The van der Waals surface area contributed by atoms with Gasteiger partial charge in [0.05, 0.1) is 17.1 Å². The average Bonchev–Trinajstić information content (AvgIpc) is 2.76. The highest BCUT2D eigenvalue weighted by Gasteiger charge is 2.29. The van der Waals surface area contributed by atoms with Gasteiger partial charge in [0.25, 0.3) is 5.91 Å². The molecule has 2 amide bonds. The van der Waals surface area contributed by atoms with Crippen LogP contribution in [-0.4, -0.2) is 36.7 Å². The summed E-state index contributed by atoms with van der Waals surface area (Å²) in [7, 11) is -3.01. The standard InChI is InChI=1S/C12H14ClN3O4S/c13-10-2-1-9(6-14-10)12(18)16-15-11(17)5-8-3-4-21(19,20)7-8/h1-2,6,8H,3-5,7H2,(H,15,17)(H,16,18)/t8-/m1/s1. The van der Waals surface area contributed by atoms with Gasteiger partial charge in [0.15, 0.2) is 9.84 Å². The smallest absolute Gasteiger partial charge is 0.271 e. The van der Waals surface area contributed by atoms with Crippen molar-refractivity contribution in [3.63, 3.8) is 0 Å². The van der Waals surface area contributed by atoms with Crippen LogP contribution in [0, 0.1) is 5.92 Å². The van der Waals surface area contributed by atoms with Gasteiger partial charge in [0, 0.05) is 12.6 Å². The zero-order chi connectivity index (χ0) is 15.5. The predicted octanol–water partition coefficient (Wildman–Crippen LogP) is 0.321. The first-order chi connectivity index (χ1) is 9.85. The van der Waals surface area contributed by atoms with Crippen molar-refractivity contribution >= 4 is 33.3 Å². The molecule has 1 aliphatic rings. The van der Waals surface area contributed by atoms with E-state index in [0.717, 1.165) is 0 Å². The van der Waals surface area contributed by atoms with Gasteiger partial charge in [0.1, 0.15) is 5.15 Å². The van der Waals surface area contributed by atoms with E-state index in [9.17, 15) is 18.0 Å². The van der Waals surface area contributed by atoms with Crippen molar-refractivity contribution in [2.45, 2.75) is 12.8 Å². The van der Waals surface area contributed by atoms with E-state index in [4.69, 9.17) is 11.6 Å². The van der Waals surface area contributed by atoms with Crippen molar-refractivity contribution in [2.24, 2.45) is 5.92 Å². The van der Waals surface area contributed by atoms with E-state index in [0.29, 0.717) is 6.42 Å². The molecule has 0 bridgehead atoms. The normalized spacial score (nSPS) is 20.0. The number of nitrogens with zero attached hydrogens (tertiary/aromatic N) is 1. The van der Waals surface area contributed by atoms with Gasteiger partial charge >= 0.3 is 0 Å². The van der Waals surface area contributed by atoms with Crippen LogP contribution < -0.4 is 10.9 Å². The number of sulfone groups is 1. The highest BCUT2D eigenvalue weighted by molar-refractivity contribution is 7.91. The molecule has 0 radical (unpaired) electrons. The van der Waals surface area contributed by atoms with E-state index in [1.165, 1.54) is 18.3 Å². The van der Waals surface area contributed by atoms with Gasteiger partial charge < -0.3 is 0 Å². The fraction of sp³-hybridized carbons (Fsp3) is 0.417. The molecule has 1 aromatic rings. The van der Waals surface area contributed by atoms with Gasteiger partial charge in [-0.3, -0.25) is 20.4 Å². The number of rotatable bonds is 3. The molecular weight excluding hydrogens is 318 g/mol. The summed E-state index contributed by atoms with van der Waals surface area (Å²) < 4.78 is 22.6. The van der Waals surface area contributed by atoms with E-state index >= 15 is 0 Å². The molecule has 0 spiro atoms. The summed E-state index contributed by atoms with van der Waals surface area (Å²) in [6.45, 7) is 0. The molecule has 114 valence electrons. The zero-order valence-corrected chi connectivity index (χ0v) is 12.6. The average molecular weight is 332 g/mol. The number of hydrogen-bond donors (Lipinski definition) is 2. The molecular formula is C12H14ClN3O4S. The lowest BCUT2D eigenvalue weighted by Crippen LogP contribution is -2.42. The van der Waals surface area contributed by atoms with Crippen molar-refractivity contribution in [3.05, 3.63) is 29.0 Å². The summed E-state index contributed by atoms with van der Waals surface area (Å²) in [5.41, 5.74) is 4.75. The maximum absolute atomic E-state index is 11.7. The Kier molecular flexibility index (Phi) is 4.79. The largest absolute Gasteiger partial charge is 0.273 e. The molecule has 0 aliphatic carbocycles. The Morgan fingerprint density at radius 3 is 2.67 bits per heavy atom. The SMILES string of the molecule is O=C(C[C@H]1CCS(=O)(=O)C1)NNC(=O)c1ccc(Cl)nc1. The van der Waals surface area contributed by atoms with Gasteiger partial charge in [-0.1, -0.05) is 11.6 Å². The van der Waals surface area contributed by atoms with Gasteiger partial charge in [-0.15, -0.1) is 0 Å². The number of carbonyl (C=O) groups is 2. The van der Waals surface area contributed by atoms with Crippen LogP contribution in [0.15, 0.2) is 18.3 Å². The van der Waals surface area contributed by atoms with Gasteiger partial charge in [-0.25, -0.2) is 13.4 Å². The molecule has 1 saturated heterocycles. The Bertz CT molecular complexity index is 645. The molecule has 2 N–H and O–H groups in total. The van der Waals surface area contributed by atoms with E-state index in [1.807, 2.05) is 0 Å². The number of amides is 2. The molecule has 1 atom stereocenters. The highest BCUT2D eigenvalue weighted by Crippen LogP contribution is 2.21. The minimum Gasteiger partial charge on any atom is -0.273 e. The monoisotopic (exact) mass is 331 g/mol. The molecule has 0 aromatic carbocycles. The van der Waals surface area contributed by atoms with Crippen LogP contribution in [-0.2, 0) is 14.6 Å². The number of halogens is 1. The summed E-state index contributed by atoms with van der Waals surface area (Å²) in [6.07, 6.45) is 1.83. The number of aromatic nitrogens is 1. The number of pyridine rings is 1. The summed E-state index contributed by atoms with van der Waals surface area (Å²) in [4.78, 5) is 27.1. The summed E-state index contributed by atoms with van der Waals surface area (Å²) in [5, 5.41) is 0.262. The number of hydrazine groups is 1.